The molecule has 0 N–H and O–H groups in total. The monoisotopic (exact) mass is 512 g/mol. The van der Waals surface area contributed by atoms with Crippen LogP contribution in [0.15, 0.2) is 12.2 Å². The van der Waals surface area contributed by atoms with Gasteiger partial charge in [0.15, 0.2) is 0 Å². The minimum absolute atomic E-state index is 0. The minimum Gasteiger partial charge on any atom is -0.748 e. The summed E-state index contributed by atoms with van der Waals surface area (Å²) in [5.41, 5.74) is -0.0989. The van der Waals surface area contributed by atoms with E-state index in [4.69, 9.17) is 0 Å². The van der Waals surface area contributed by atoms with Gasteiger partial charge in [0.25, 0.3) is 11.8 Å². The molecule has 158 valence electrons. The van der Waals surface area contributed by atoms with E-state index in [0.717, 1.165) is 12.0 Å². The fraction of sp³-hybridized carbons (Fsp3) is 0.750. The first-order valence-corrected chi connectivity index (χ1v) is 11.4. The molecule has 1 aliphatic heterocycles. The molecule has 0 aromatic carbocycles. The molecule has 3 aliphatic rings. The predicted octanol–water partition coefficient (Wildman–Crippen LogP) is -5.82. The normalized spacial score (nSPS) is 30.1. The molecule has 10 nitrogen and oxygen atoms in total. The Bertz CT molecular complexity index is 738. The van der Waals surface area contributed by atoms with Crippen molar-refractivity contribution in [2.45, 2.75) is 74.0 Å². The standard InChI is InChI=1S/C16H24N2O8S2.2K/c1-10-15(19)17(11-2-6-13(7-3-11)27-26-25-21)18(16(10)20)12-4-8-14(9-5-12)28(22,23)24;;/h11-14,21H,1-9H2,(H,22,23,24);;/q;2*+1/p-2. The van der Waals surface area contributed by atoms with Gasteiger partial charge in [-0.1, -0.05) is 6.58 Å². The van der Waals surface area contributed by atoms with Crippen molar-refractivity contribution in [3.05, 3.63) is 12.2 Å². The Morgan fingerprint density at radius 3 is 1.73 bits per heavy atom. The molecule has 3 rings (SSSR count). The molecule has 2 amide bonds. The van der Waals surface area contributed by atoms with Crippen molar-refractivity contribution in [1.29, 1.82) is 0 Å². The summed E-state index contributed by atoms with van der Waals surface area (Å²) in [6.45, 7) is 3.61. The third kappa shape index (κ3) is 7.05. The van der Waals surface area contributed by atoms with E-state index in [9.17, 15) is 27.8 Å². The van der Waals surface area contributed by atoms with Gasteiger partial charge in [-0.15, -0.1) is 0 Å². The predicted molar refractivity (Wildman–Crippen MR) is 94.4 cm³/mol. The number of amides is 2. The summed E-state index contributed by atoms with van der Waals surface area (Å²) in [5.74, 6) is -0.892. The molecular weight excluding hydrogens is 491 g/mol. The van der Waals surface area contributed by atoms with Crippen molar-refractivity contribution in [3.63, 3.8) is 0 Å². The Morgan fingerprint density at radius 2 is 1.33 bits per heavy atom. The van der Waals surface area contributed by atoms with E-state index < -0.39 is 27.2 Å². The average Bonchev–Trinajstić information content (AvgIpc) is 2.90. The molecule has 0 bridgehead atoms. The van der Waals surface area contributed by atoms with E-state index in [0.29, 0.717) is 38.5 Å². The van der Waals surface area contributed by atoms with Crippen molar-refractivity contribution in [2.24, 2.45) is 0 Å². The van der Waals surface area contributed by atoms with Crippen LogP contribution in [0.4, 0.5) is 0 Å². The zero-order valence-corrected chi connectivity index (χ0v) is 25.0. The van der Waals surface area contributed by atoms with E-state index in [2.05, 4.69) is 16.0 Å². The van der Waals surface area contributed by atoms with Gasteiger partial charge in [-0.25, -0.2) is 18.4 Å². The van der Waals surface area contributed by atoms with Crippen LogP contribution in [0.2, 0.25) is 0 Å². The van der Waals surface area contributed by atoms with Crippen LogP contribution >= 0.6 is 12.0 Å². The first kappa shape index (κ1) is 30.1. The van der Waals surface area contributed by atoms with Crippen LogP contribution < -0.4 is 108 Å². The molecule has 0 radical (unpaired) electrons. The Morgan fingerprint density at radius 1 is 0.900 bits per heavy atom. The summed E-state index contributed by atoms with van der Waals surface area (Å²) < 4.78 is 38.1. The van der Waals surface area contributed by atoms with Crippen LogP contribution in [0.25, 0.3) is 0 Å². The van der Waals surface area contributed by atoms with Crippen LogP contribution in [0.1, 0.15) is 51.4 Å². The molecule has 0 unspecified atom stereocenters. The smallest absolute Gasteiger partial charge is 0.748 e. The van der Waals surface area contributed by atoms with Crippen LogP contribution in [0.5, 0.6) is 0 Å². The summed E-state index contributed by atoms with van der Waals surface area (Å²) in [7, 11) is -4.35. The maximum Gasteiger partial charge on any atom is 1.00 e. The number of hydrogen-bond donors (Lipinski definition) is 0. The molecule has 1 heterocycles. The SMILES string of the molecule is C=C1C(=O)N(C2CCC(SOO[O-])CC2)N(C2CCC(S(=O)(=O)[O-])CC2)C1=O.[K+].[K+]. The van der Waals surface area contributed by atoms with E-state index in [1.54, 1.807) is 0 Å². The molecule has 1 saturated heterocycles. The first-order chi connectivity index (χ1) is 13.2. The van der Waals surface area contributed by atoms with Gasteiger partial charge in [0.05, 0.1) is 22.2 Å². The van der Waals surface area contributed by atoms with Crippen molar-refractivity contribution in [1.82, 2.24) is 10.0 Å². The number of carbonyl (C=O) groups excluding carboxylic acids is 2. The average molecular weight is 513 g/mol. The van der Waals surface area contributed by atoms with Crippen LogP contribution in [-0.2, 0) is 29.1 Å². The fourth-order valence-electron chi connectivity index (χ4n) is 4.28. The molecule has 2 aliphatic carbocycles. The largest absolute Gasteiger partial charge is 1.00 e. The van der Waals surface area contributed by atoms with Gasteiger partial charge in [-0.3, -0.25) is 14.6 Å². The van der Waals surface area contributed by atoms with Gasteiger partial charge in [-0.05, 0) is 51.4 Å². The topological polar surface area (TPSA) is 139 Å². The zero-order chi connectivity index (χ0) is 20.5. The number of nitrogens with zero attached hydrogens (tertiary/aromatic N) is 2. The number of hydrogen-bond acceptors (Lipinski definition) is 9. The van der Waals surface area contributed by atoms with Crippen molar-refractivity contribution >= 4 is 34.0 Å². The number of hydrazine groups is 1. The third-order valence-corrected chi connectivity index (χ3v) is 7.92. The van der Waals surface area contributed by atoms with E-state index in [1.807, 2.05) is 0 Å². The molecule has 30 heavy (non-hydrogen) atoms. The Kier molecular flexibility index (Phi) is 13.3. The van der Waals surface area contributed by atoms with Gasteiger partial charge in [-0.2, -0.15) is 4.33 Å². The van der Waals surface area contributed by atoms with Crippen molar-refractivity contribution < 1.29 is 140 Å². The van der Waals surface area contributed by atoms with Crippen LogP contribution in [0.3, 0.4) is 0 Å². The van der Waals surface area contributed by atoms with Gasteiger partial charge >= 0.3 is 103 Å². The summed E-state index contributed by atoms with van der Waals surface area (Å²) in [6, 6.07) is -0.528. The maximum atomic E-state index is 12.7. The second kappa shape index (κ2) is 13.3. The second-order valence-electron chi connectivity index (χ2n) is 7.36. The quantitative estimate of drug-likeness (QED) is 0.0647. The Balaban J connectivity index is 0.00000225. The Labute approximate surface area is 265 Å². The van der Waals surface area contributed by atoms with Gasteiger partial charge in [0.1, 0.15) is 5.57 Å². The zero-order valence-electron chi connectivity index (χ0n) is 17.2. The molecular formula is C16H22K2N2O8S2. The number of rotatable bonds is 6. The second-order valence-corrected chi connectivity index (χ2v) is 10.0. The molecule has 2 saturated carbocycles. The van der Waals surface area contributed by atoms with E-state index in [1.165, 1.54) is 10.0 Å². The summed E-state index contributed by atoms with van der Waals surface area (Å²) in [4.78, 5) is 25.3. The van der Waals surface area contributed by atoms with Gasteiger partial charge in [0.2, 0.25) is 0 Å². The minimum atomic E-state index is -4.35. The molecule has 0 spiro atoms. The first-order valence-electron chi connectivity index (χ1n) is 9.16. The van der Waals surface area contributed by atoms with Crippen molar-refractivity contribution in [3.8, 4) is 0 Å². The van der Waals surface area contributed by atoms with E-state index >= 15 is 0 Å². The van der Waals surface area contributed by atoms with Crippen LogP contribution in [0, 0.1) is 0 Å². The van der Waals surface area contributed by atoms with E-state index in [-0.39, 0.29) is 139 Å². The summed E-state index contributed by atoms with van der Waals surface area (Å²) >= 11 is 0.952. The van der Waals surface area contributed by atoms with Crippen LogP contribution in [-0.4, -0.2) is 57.4 Å². The molecule has 0 atom stereocenters. The summed E-state index contributed by atoms with van der Waals surface area (Å²) in [5, 5.41) is 15.3. The molecule has 14 heteroatoms. The van der Waals surface area contributed by atoms with Gasteiger partial charge < -0.3 is 9.81 Å². The van der Waals surface area contributed by atoms with Crippen molar-refractivity contribution in [2.75, 3.05) is 0 Å². The fourth-order valence-corrected chi connectivity index (χ4v) is 5.74. The molecule has 3 fully saturated rings. The Hall–Kier alpha value is 2.09. The molecule has 0 aromatic rings. The maximum absolute atomic E-state index is 12.7. The molecule has 0 aromatic heterocycles. The number of carbonyl (C=O) groups is 2. The van der Waals surface area contributed by atoms with Gasteiger partial charge in [0, 0.05) is 22.5 Å². The third-order valence-electron chi connectivity index (χ3n) is 5.76. The summed E-state index contributed by atoms with van der Waals surface area (Å²) in [6.07, 6.45) is 3.62.